The van der Waals surface area contributed by atoms with Crippen LogP contribution in [0.3, 0.4) is 0 Å². The van der Waals surface area contributed by atoms with Crippen molar-refractivity contribution in [3.8, 4) is 0 Å². The van der Waals surface area contributed by atoms with Gasteiger partial charge >= 0.3 is 0 Å². The van der Waals surface area contributed by atoms with E-state index in [9.17, 15) is 0 Å². The third kappa shape index (κ3) is 1.74. The molecule has 0 bridgehead atoms. The highest BCUT2D eigenvalue weighted by molar-refractivity contribution is 4.60. The van der Waals surface area contributed by atoms with E-state index in [0.717, 1.165) is 0 Å². The van der Waals surface area contributed by atoms with Crippen molar-refractivity contribution < 1.29 is 11.0 Å². The highest BCUT2D eigenvalue weighted by atomic mass is 13.5. The van der Waals surface area contributed by atoms with E-state index in [2.05, 4.69) is 0 Å². The van der Waals surface area contributed by atoms with E-state index < -0.39 is 25.8 Å². The Labute approximate surface area is 38.4 Å². The molecule has 0 atom stereocenters. The largest absolute Gasteiger partial charge is 0.103 e. The van der Waals surface area contributed by atoms with Gasteiger partial charge in [0, 0.05) is 6.85 Å². The first kappa shape index (κ1) is 0.243. The summed E-state index contributed by atoms with van der Waals surface area (Å²) < 4.78 is 54.0. The van der Waals surface area contributed by atoms with Crippen molar-refractivity contribution in [1.82, 2.24) is 0 Å². The van der Waals surface area contributed by atoms with E-state index in [4.69, 9.17) is 11.0 Å². The molecule has 0 aromatic carbocycles. The number of hydrogen-bond donors (Lipinski definition) is 0. The Morgan fingerprint density at radius 3 is 4.50 bits per heavy atom. The van der Waals surface area contributed by atoms with Crippen LogP contribution in [0.15, 0.2) is 12.6 Å². The lowest BCUT2D eigenvalue weighted by Crippen LogP contribution is -1.36. The molecule has 0 N–H and O–H groups in total. The van der Waals surface area contributed by atoms with Gasteiger partial charge < -0.3 is 0 Å². The monoisotopic (exact) mass is 64.1 g/mol. The molecule has 0 heterocycles. The average Bonchev–Trinajstić information content (AvgIpc) is 1.83. The minimum absolute atomic E-state index is 1.11. The van der Waals surface area contributed by atoms with Crippen LogP contribution < -0.4 is 0 Å². The average molecular weight is 64.2 g/mol. The zero-order chi connectivity index (χ0) is 10.2. The van der Waals surface area contributed by atoms with Crippen LogP contribution in [0.5, 0.6) is 0 Å². The first-order valence-corrected chi connectivity index (χ1v) is 0.750. The van der Waals surface area contributed by atoms with Gasteiger partial charge in [0.2, 0.25) is 0 Å². The first-order chi connectivity index (χ1) is 5.10. The summed E-state index contributed by atoms with van der Waals surface area (Å²) in [5.41, 5.74) is 0. The van der Waals surface area contributed by atoms with Crippen molar-refractivity contribution in [2.24, 2.45) is 0 Å². The lowest BCUT2D eigenvalue weighted by Gasteiger charge is -1.57. The molecule has 0 aliphatic carbocycles. The highest BCUT2D eigenvalue weighted by Crippen LogP contribution is 1.66. The Bertz CT molecular complexity index is 194. The lowest BCUT2D eigenvalue weighted by molar-refractivity contribution is 1.23. The summed E-state index contributed by atoms with van der Waals surface area (Å²) >= 11 is 0. The predicted molar refractivity (Wildman–Crippen MR) is 20.5 cm³/mol. The van der Waals surface area contributed by atoms with Gasteiger partial charge in [0.1, 0.15) is 0 Å². The van der Waals surface area contributed by atoms with Crippen molar-refractivity contribution in [1.29, 1.82) is 0 Å². The van der Waals surface area contributed by atoms with Crippen LogP contribution in [0, 0.1) is 0 Å². The number of allylic oxidation sites excluding steroid dienone is 1. The smallest absolute Gasteiger partial charge is 0.0569 e. The maximum absolute atomic E-state index is 6.93. The van der Waals surface area contributed by atoms with Gasteiger partial charge in [-0.1, -0.05) is 12.9 Å². The Morgan fingerprint density at radius 1 is 3.25 bits per heavy atom. The van der Waals surface area contributed by atoms with Crippen LogP contribution in [0.25, 0.3) is 0 Å². The Morgan fingerprint density at radius 2 is 4.25 bits per heavy atom. The van der Waals surface area contributed by atoms with Crippen molar-refractivity contribution in [3.05, 3.63) is 12.6 Å². The minimum Gasteiger partial charge on any atom is -0.103 e. The SMILES string of the molecule is [2H]C([2H])=C([2H])C([2H])([2H])C([2H])([2H])[2H]. The van der Waals surface area contributed by atoms with Crippen molar-refractivity contribution in [2.75, 3.05) is 0 Å². The summed E-state index contributed by atoms with van der Waals surface area (Å²) in [5.74, 6) is 0. The van der Waals surface area contributed by atoms with Gasteiger partial charge in [-0.25, -0.2) is 0 Å². The normalized spacial score (nSPS) is 41.0. The second-order valence-electron chi connectivity index (χ2n) is 0.250. The molecule has 0 aliphatic heterocycles. The molecular weight excluding hydrogens is 48.0 g/mol. The van der Waals surface area contributed by atoms with E-state index in [0.29, 0.717) is 0 Å². The molecule has 0 rings (SSSR count). The van der Waals surface area contributed by atoms with Gasteiger partial charge in [-0.3, -0.25) is 0 Å². The van der Waals surface area contributed by atoms with Gasteiger partial charge in [0.15, 0.2) is 0 Å². The first-order valence-electron chi connectivity index (χ1n) is 4.75. The summed E-state index contributed by atoms with van der Waals surface area (Å²) in [6.07, 6.45) is -2.91. The molecular formula is C4H8. The molecule has 0 aromatic heterocycles. The van der Waals surface area contributed by atoms with Crippen LogP contribution >= 0.6 is 0 Å². The van der Waals surface area contributed by atoms with Crippen LogP contribution in [0.2, 0.25) is 0 Å². The second kappa shape index (κ2) is 2.74. The van der Waals surface area contributed by atoms with Crippen LogP contribution in [0.1, 0.15) is 24.2 Å². The molecule has 0 saturated carbocycles. The maximum Gasteiger partial charge on any atom is 0.0569 e. The van der Waals surface area contributed by atoms with Crippen LogP contribution in [-0.2, 0) is 0 Å². The predicted octanol–water partition coefficient (Wildman–Crippen LogP) is 1.58. The molecule has 24 valence electrons. The number of hydrogen-bond acceptors (Lipinski definition) is 0. The minimum atomic E-state index is -3.00. The summed E-state index contributed by atoms with van der Waals surface area (Å²) in [6.45, 7) is -4.12. The number of rotatable bonds is 1. The van der Waals surface area contributed by atoms with Gasteiger partial charge in [0.25, 0.3) is 0 Å². The van der Waals surface area contributed by atoms with E-state index in [1.165, 1.54) is 0 Å². The topological polar surface area (TPSA) is 0 Å². The lowest BCUT2D eigenvalue weighted by atomic mass is 10.5. The van der Waals surface area contributed by atoms with E-state index in [-0.39, 0.29) is 0 Å². The quantitative estimate of drug-likeness (QED) is 0.406. The fraction of sp³-hybridized carbons (Fsp3) is 0.500. The van der Waals surface area contributed by atoms with Crippen molar-refractivity contribution in [2.45, 2.75) is 13.2 Å². The third-order valence-electron chi connectivity index (χ3n) is 0.0625. The fourth-order valence-electron chi connectivity index (χ4n) is 0. The molecule has 0 heteroatoms. The van der Waals surface area contributed by atoms with Gasteiger partial charge in [0.05, 0.1) is 4.11 Å². The van der Waals surface area contributed by atoms with Gasteiger partial charge in [-0.2, -0.15) is 0 Å². The van der Waals surface area contributed by atoms with E-state index in [1.54, 1.807) is 0 Å². The summed E-state index contributed by atoms with van der Waals surface area (Å²) in [4.78, 5) is 0. The van der Waals surface area contributed by atoms with Crippen LogP contribution in [-0.4, -0.2) is 0 Å². The van der Waals surface area contributed by atoms with Gasteiger partial charge in [-0.05, 0) is 6.37 Å². The Kier molecular flexibility index (Phi) is 0.167. The third-order valence-corrected chi connectivity index (χ3v) is 0.0625. The van der Waals surface area contributed by atoms with Crippen molar-refractivity contribution in [3.63, 3.8) is 0 Å². The standard InChI is InChI=1S/C4H8/c1-3-4-2/h3H,1,4H2,2H3/i1D2,2D3,3D,4D2. The Hall–Kier alpha value is -0.260. The molecule has 0 aromatic rings. The maximum atomic E-state index is 6.93. The molecule has 0 spiro atoms. The molecule has 0 aliphatic rings. The molecule has 0 unspecified atom stereocenters. The fourth-order valence-corrected chi connectivity index (χ4v) is 0. The molecule has 0 saturated heterocycles. The van der Waals surface area contributed by atoms with E-state index in [1.807, 2.05) is 0 Å². The molecule has 0 fully saturated rings. The van der Waals surface area contributed by atoms with E-state index >= 15 is 0 Å². The Balaban J connectivity index is 5.01. The second-order valence-corrected chi connectivity index (χ2v) is 0.250. The molecule has 4 heavy (non-hydrogen) atoms. The molecule has 0 nitrogen and oxygen atoms in total. The zero-order valence-corrected chi connectivity index (χ0v) is 2.00. The summed E-state index contributed by atoms with van der Waals surface area (Å²) in [6, 6.07) is -1.12. The molecule has 0 amide bonds. The van der Waals surface area contributed by atoms with Gasteiger partial charge in [-0.15, -0.1) is 6.53 Å². The highest BCUT2D eigenvalue weighted by Gasteiger charge is 1.45. The van der Waals surface area contributed by atoms with Crippen LogP contribution in [0.4, 0.5) is 0 Å². The zero-order valence-electron chi connectivity index (χ0n) is 10.0. The summed E-state index contributed by atoms with van der Waals surface area (Å²) in [5, 5.41) is 0. The molecule has 0 radical (unpaired) electrons. The van der Waals surface area contributed by atoms with Crippen molar-refractivity contribution >= 4 is 0 Å². The summed E-state index contributed by atoms with van der Waals surface area (Å²) in [7, 11) is 0.